The first-order valence-electron chi connectivity index (χ1n) is 15.4. The SMILES string of the molecule is COc1cc(OC)cc(-c2cc(CCCN3CCOCC3)c(/C=C3/SC(=S)N(C4C5CC6CC(C5)CC4C6)C3=O)o2)c1. The number of aryl methyl sites for hydroxylation is 1. The lowest BCUT2D eigenvalue weighted by Crippen LogP contribution is -2.57. The molecule has 42 heavy (non-hydrogen) atoms. The summed E-state index contributed by atoms with van der Waals surface area (Å²) in [5.41, 5.74) is 1.97. The van der Waals surface area contributed by atoms with Crippen molar-refractivity contribution >= 4 is 40.3 Å². The zero-order chi connectivity index (χ0) is 28.8. The van der Waals surface area contributed by atoms with Crippen LogP contribution in [-0.2, 0) is 16.0 Å². The standard InChI is InChI=1S/C33H40N2O5S2/c1-37-26-15-23(16-27(18-26)38-2)28-17-22(4-3-5-34-6-8-39-9-7-34)29(40-28)19-30-32(36)35(33(41)42-30)31-24-11-20-10-21(13-24)14-25(31)12-20/h15-21,24-25,31H,3-14H2,1-2H3/b30-19+. The van der Waals surface area contributed by atoms with Gasteiger partial charge in [-0.05, 0) is 98.9 Å². The van der Waals surface area contributed by atoms with Crippen molar-refractivity contribution in [1.82, 2.24) is 9.80 Å². The summed E-state index contributed by atoms with van der Waals surface area (Å²) in [5.74, 6) is 5.83. The molecule has 0 N–H and O–H groups in total. The molecule has 4 saturated carbocycles. The smallest absolute Gasteiger partial charge is 0.266 e. The minimum Gasteiger partial charge on any atom is -0.497 e. The van der Waals surface area contributed by atoms with E-state index in [0.29, 0.717) is 32.6 Å². The Morgan fingerprint density at radius 1 is 0.976 bits per heavy atom. The van der Waals surface area contributed by atoms with Crippen molar-refractivity contribution in [2.75, 3.05) is 47.1 Å². The maximum atomic E-state index is 14.0. The molecule has 3 heterocycles. The number of nitrogens with zero attached hydrogens (tertiary/aromatic N) is 2. The number of carbonyl (C=O) groups excluding carboxylic acids is 1. The van der Waals surface area contributed by atoms with E-state index >= 15 is 0 Å². The minimum absolute atomic E-state index is 0.0581. The van der Waals surface area contributed by atoms with Crippen LogP contribution in [0.2, 0.25) is 0 Å². The second kappa shape index (κ2) is 12.0. The molecule has 224 valence electrons. The Hall–Kier alpha value is -2.33. The van der Waals surface area contributed by atoms with Crippen molar-refractivity contribution < 1.29 is 23.4 Å². The molecule has 8 rings (SSSR count). The first-order chi connectivity index (χ1) is 20.5. The van der Waals surface area contributed by atoms with Gasteiger partial charge in [0.25, 0.3) is 5.91 Å². The van der Waals surface area contributed by atoms with E-state index in [0.717, 1.165) is 80.2 Å². The van der Waals surface area contributed by atoms with Crippen LogP contribution in [0.4, 0.5) is 0 Å². The molecule has 2 saturated heterocycles. The number of ether oxygens (including phenoxy) is 3. The lowest BCUT2D eigenvalue weighted by Gasteiger charge is -2.56. The molecule has 6 fully saturated rings. The van der Waals surface area contributed by atoms with Crippen LogP contribution >= 0.6 is 24.0 Å². The fourth-order valence-corrected chi connectivity index (χ4v) is 9.66. The number of morpholine rings is 1. The van der Waals surface area contributed by atoms with Gasteiger partial charge in [0.05, 0.1) is 32.3 Å². The highest BCUT2D eigenvalue weighted by molar-refractivity contribution is 8.26. The van der Waals surface area contributed by atoms with Crippen molar-refractivity contribution in [3.05, 3.63) is 40.5 Å². The van der Waals surface area contributed by atoms with E-state index in [1.54, 1.807) is 14.2 Å². The number of thiocarbonyl (C=S) groups is 1. The molecule has 6 aliphatic rings. The van der Waals surface area contributed by atoms with Crippen molar-refractivity contribution in [1.29, 1.82) is 0 Å². The van der Waals surface area contributed by atoms with Gasteiger partial charge >= 0.3 is 0 Å². The largest absolute Gasteiger partial charge is 0.497 e. The van der Waals surface area contributed by atoms with Crippen LogP contribution in [0, 0.1) is 23.7 Å². The van der Waals surface area contributed by atoms with E-state index in [9.17, 15) is 4.79 Å². The summed E-state index contributed by atoms with van der Waals surface area (Å²) in [7, 11) is 3.30. The molecule has 4 aliphatic carbocycles. The molecular formula is C33H40N2O5S2. The molecule has 2 aromatic rings. The third-order valence-corrected chi connectivity index (χ3v) is 11.4. The van der Waals surface area contributed by atoms with Crippen molar-refractivity contribution in [2.45, 2.75) is 51.0 Å². The number of rotatable bonds is 9. The van der Waals surface area contributed by atoms with Crippen molar-refractivity contribution in [3.63, 3.8) is 0 Å². The van der Waals surface area contributed by atoms with Gasteiger partial charge in [0.2, 0.25) is 0 Å². The summed E-state index contributed by atoms with van der Waals surface area (Å²) in [6, 6.07) is 8.13. The predicted molar refractivity (Wildman–Crippen MR) is 169 cm³/mol. The van der Waals surface area contributed by atoms with Gasteiger partial charge in [-0.3, -0.25) is 14.6 Å². The molecule has 4 bridgehead atoms. The van der Waals surface area contributed by atoms with Gasteiger partial charge in [-0.15, -0.1) is 0 Å². The third-order valence-electron chi connectivity index (χ3n) is 10.1. The average Bonchev–Trinajstić information content (AvgIpc) is 3.52. The summed E-state index contributed by atoms with van der Waals surface area (Å²) in [5, 5.41) is 0. The Morgan fingerprint density at radius 2 is 1.64 bits per heavy atom. The summed E-state index contributed by atoms with van der Waals surface area (Å²) in [6.07, 6.45) is 10.2. The first-order valence-corrected chi connectivity index (χ1v) is 16.6. The highest BCUT2D eigenvalue weighted by Gasteiger charge is 2.53. The molecule has 0 radical (unpaired) electrons. The zero-order valence-corrected chi connectivity index (χ0v) is 26.1. The van der Waals surface area contributed by atoms with E-state index in [-0.39, 0.29) is 11.9 Å². The quantitative estimate of drug-likeness (QED) is 0.244. The Balaban J connectivity index is 1.17. The molecule has 1 aromatic heterocycles. The van der Waals surface area contributed by atoms with Crippen LogP contribution in [0.5, 0.6) is 11.5 Å². The first kappa shape index (κ1) is 28.4. The molecule has 9 heteroatoms. The monoisotopic (exact) mass is 608 g/mol. The van der Waals surface area contributed by atoms with Gasteiger partial charge in [-0.2, -0.15) is 0 Å². The maximum Gasteiger partial charge on any atom is 0.266 e. The molecule has 0 atom stereocenters. The predicted octanol–water partition coefficient (Wildman–Crippen LogP) is 6.25. The van der Waals surface area contributed by atoms with E-state index in [1.807, 2.05) is 29.2 Å². The second-order valence-corrected chi connectivity index (χ2v) is 14.3. The summed E-state index contributed by atoms with van der Waals surface area (Å²) in [4.78, 5) is 19.1. The normalized spacial score (nSPS) is 30.1. The molecule has 1 aromatic carbocycles. The Labute approximate surface area is 257 Å². The lowest BCUT2D eigenvalue weighted by molar-refractivity contribution is -0.130. The molecule has 7 nitrogen and oxygen atoms in total. The summed E-state index contributed by atoms with van der Waals surface area (Å²) in [6.45, 7) is 4.54. The van der Waals surface area contributed by atoms with Gasteiger partial charge in [-0.1, -0.05) is 24.0 Å². The topological polar surface area (TPSA) is 64.4 Å². The van der Waals surface area contributed by atoms with E-state index < -0.39 is 0 Å². The fraction of sp³-hybridized carbons (Fsp3) is 0.576. The minimum atomic E-state index is 0.0581. The molecule has 1 amide bonds. The molecule has 0 spiro atoms. The number of amides is 1. The second-order valence-electron chi connectivity index (χ2n) is 12.6. The van der Waals surface area contributed by atoms with Crippen molar-refractivity contribution in [3.8, 4) is 22.8 Å². The lowest BCUT2D eigenvalue weighted by atomic mass is 9.54. The highest BCUT2D eigenvalue weighted by Crippen LogP contribution is 2.56. The van der Waals surface area contributed by atoms with Crippen LogP contribution in [-0.4, -0.2) is 73.1 Å². The molecule has 0 unspecified atom stereocenters. The van der Waals surface area contributed by atoms with Gasteiger partial charge in [0, 0.05) is 36.8 Å². The van der Waals surface area contributed by atoms with Crippen LogP contribution in [0.15, 0.2) is 33.6 Å². The Kier molecular flexibility index (Phi) is 8.11. The number of hydrogen-bond acceptors (Lipinski definition) is 8. The van der Waals surface area contributed by atoms with Crippen molar-refractivity contribution in [2.24, 2.45) is 23.7 Å². The van der Waals surface area contributed by atoms with Gasteiger partial charge in [-0.25, -0.2) is 0 Å². The number of methoxy groups -OCH3 is 2. The highest BCUT2D eigenvalue weighted by atomic mass is 32.2. The number of carbonyl (C=O) groups is 1. The number of benzene rings is 1. The summed E-state index contributed by atoms with van der Waals surface area (Å²) >= 11 is 7.32. The van der Waals surface area contributed by atoms with Gasteiger partial charge in [0.15, 0.2) is 0 Å². The Morgan fingerprint density at radius 3 is 2.29 bits per heavy atom. The average molecular weight is 609 g/mol. The van der Waals surface area contributed by atoms with E-state index in [4.69, 9.17) is 30.8 Å². The molecule has 2 aliphatic heterocycles. The maximum absolute atomic E-state index is 14.0. The molecular weight excluding hydrogens is 569 g/mol. The third kappa shape index (κ3) is 5.53. The van der Waals surface area contributed by atoms with E-state index in [2.05, 4.69) is 11.0 Å². The van der Waals surface area contributed by atoms with Crippen LogP contribution in [0.25, 0.3) is 17.4 Å². The van der Waals surface area contributed by atoms with Gasteiger partial charge in [0.1, 0.15) is 27.3 Å². The van der Waals surface area contributed by atoms with Crippen LogP contribution in [0.1, 0.15) is 49.8 Å². The van der Waals surface area contributed by atoms with E-state index in [1.165, 1.54) is 43.9 Å². The number of hydrogen-bond donors (Lipinski definition) is 0. The number of furan rings is 1. The Bertz CT molecular complexity index is 1330. The fourth-order valence-electron chi connectivity index (χ4n) is 8.34. The summed E-state index contributed by atoms with van der Waals surface area (Å²) < 4.78 is 23.8. The van der Waals surface area contributed by atoms with Gasteiger partial charge < -0.3 is 18.6 Å². The van der Waals surface area contributed by atoms with Crippen LogP contribution < -0.4 is 9.47 Å². The zero-order valence-electron chi connectivity index (χ0n) is 24.5. The van der Waals surface area contributed by atoms with Crippen LogP contribution in [0.3, 0.4) is 0 Å². The number of thioether (sulfide) groups is 1.